The zero-order valence-electron chi connectivity index (χ0n) is 18.1. The molecule has 0 aromatic carbocycles. The summed E-state index contributed by atoms with van der Waals surface area (Å²) < 4.78 is 46.6. The number of nitrogens with two attached hydrogens (primary N) is 1. The van der Waals surface area contributed by atoms with E-state index in [0.717, 1.165) is 31.0 Å². The van der Waals surface area contributed by atoms with Gasteiger partial charge < -0.3 is 15.6 Å². The van der Waals surface area contributed by atoms with Gasteiger partial charge in [0.2, 0.25) is 5.95 Å². The maximum atomic E-state index is 13.8. The molecule has 8 nitrogen and oxygen atoms in total. The van der Waals surface area contributed by atoms with E-state index in [1.165, 1.54) is 0 Å². The Morgan fingerprint density at radius 1 is 1.15 bits per heavy atom. The first-order chi connectivity index (χ1) is 15.7. The van der Waals surface area contributed by atoms with Crippen molar-refractivity contribution in [3.05, 3.63) is 52.3 Å². The molecule has 0 radical (unpaired) electrons. The quantitative estimate of drug-likeness (QED) is 0.612. The first-order valence-electron chi connectivity index (χ1n) is 10.7. The number of aromatic nitrogens is 4. The highest BCUT2D eigenvalue weighted by Crippen LogP contribution is 2.35. The highest BCUT2D eigenvalue weighted by Gasteiger charge is 2.38. The van der Waals surface area contributed by atoms with E-state index in [0.29, 0.717) is 28.4 Å². The van der Waals surface area contributed by atoms with Crippen LogP contribution in [-0.4, -0.2) is 37.9 Å². The Kier molecular flexibility index (Phi) is 5.15. The van der Waals surface area contributed by atoms with Gasteiger partial charge in [-0.2, -0.15) is 13.2 Å². The van der Waals surface area contributed by atoms with Crippen LogP contribution in [0.15, 0.2) is 27.8 Å². The van der Waals surface area contributed by atoms with Gasteiger partial charge in [0, 0.05) is 23.8 Å². The van der Waals surface area contributed by atoms with E-state index in [-0.39, 0.29) is 36.0 Å². The van der Waals surface area contributed by atoms with E-state index in [2.05, 4.69) is 30.4 Å². The molecule has 172 valence electrons. The van der Waals surface area contributed by atoms with Crippen molar-refractivity contribution in [1.29, 1.82) is 0 Å². The number of alkyl halides is 3. The molecule has 0 unspecified atom stereocenters. The van der Waals surface area contributed by atoms with Crippen LogP contribution in [0.25, 0.3) is 11.3 Å². The Morgan fingerprint density at radius 2 is 1.97 bits per heavy atom. The lowest BCUT2D eigenvalue weighted by atomic mass is 10.0. The fourth-order valence-electron chi connectivity index (χ4n) is 4.44. The van der Waals surface area contributed by atoms with Crippen LogP contribution >= 0.6 is 0 Å². The van der Waals surface area contributed by atoms with Crippen molar-refractivity contribution >= 4 is 11.7 Å². The number of halogens is 3. The number of aryl methyl sites for hydroxylation is 2. The molecule has 3 N–H and O–H groups in total. The summed E-state index contributed by atoms with van der Waals surface area (Å²) in [4.78, 5) is 17.2. The standard InChI is InChI=1S/C22H22F3N7O/c1-10-18(11(2)33-32-10)16-7-6-12-17(29-16)9-27-19(12)20-13(22(23,24)25)8-28-21(31-20)30-15-5-3-4-14(15)26/h6-8,14-15H,3-5,9,26H2,1-2H3,(H,28,30,31)/t14-,15-/m0/s1. The molecule has 0 saturated heterocycles. The summed E-state index contributed by atoms with van der Waals surface area (Å²) in [5, 5.41) is 7.04. The second kappa shape index (κ2) is 7.91. The number of hydrogen-bond donors (Lipinski definition) is 2. The van der Waals surface area contributed by atoms with Gasteiger partial charge in [-0.05, 0) is 45.2 Å². The van der Waals surface area contributed by atoms with Crippen molar-refractivity contribution in [3.63, 3.8) is 0 Å². The second-order valence-electron chi connectivity index (χ2n) is 8.35. The summed E-state index contributed by atoms with van der Waals surface area (Å²) in [5.41, 5.74) is 8.20. The summed E-state index contributed by atoms with van der Waals surface area (Å²) in [7, 11) is 0. The maximum Gasteiger partial charge on any atom is 0.420 e. The summed E-state index contributed by atoms with van der Waals surface area (Å²) in [6.07, 6.45) is -1.21. The minimum Gasteiger partial charge on any atom is -0.361 e. The highest BCUT2D eigenvalue weighted by molar-refractivity contribution is 6.14. The van der Waals surface area contributed by atoms with E-state index < -0.39 is 11.7 Å². The molecule has 0 amide bonds. The number of aliphatic imine (C=N–C) groups is 1. The molecule has 0 spiro atoms. The first-order valence-corrected chi connectivity index (χ1v) is 10.7. The monoisotopic (exact) mass is 457 g/mol. The predicted molar refractivity (Wildman–Crippen MR) is 115 cm³/mol. The lowest BCUT2D eigenvalue weighted by Crippen LogP contribution is -2.36. The number of anilines is 1. The fourth-order valence-corrected chi connectivity index (χ4v) is 4.44. The summed E-state index contributed by atoms with van der Waals surface area (Å²) in [6, 6.07) is 3.29. The number of rotatable bonds is 4. The highest BCUT2D eigenvalue weighted by atomic mass is 19.4. The number of fused-ring (bicyclic) bond motifs is 1. The van der Waals surface area contributed by atoms with E-state index >= 15 is 0 Å². The number of hydrogen-bond acceptors (Lipinski definition) is 8. The molecule has 2 atom stereocenters. The molecular formula is C22H22F3N7O. The predicted octanol–water partition coefficient (Wildman–Crippen LogP) is 3.80. The van der Waals surface area contributed by atoms with Crippen molar-refractivity contribution in [2.24, 2.45) is 10.7 Å². The van der Waals surface area contributed by atoms with Crippen LogP contribution in [-0.2, 0) is 12.7 Å². The SMILES string of the molecule is Cc1noc(C)c1-c1ccc2c(n1)CN=C2c1nc(N[C@H]2CCC[C@@H]2N)ncc1C(F)(F)F. The van der Waals surface area contributed by atoms with Gasteiger partial charge in [-0.3, -0.25) is 4.99 Å². The average molecular weight is 457 g/mol. The van der Waals surface area contributed by atoms with Gasteiger partial charge in [-0.15, -0.1) is 0 Å². The van der Waals surface area contributed by atoms with Crippen LogP contribution in [0.2, 0.25) is 0 Å². The topological polar surface area (TPSA) is 115 Å². The van der Waals surface area contributed by atoms with Crippen molar-refractivity contribution in [2.75, 3.05) is 5.32 Å². The Hall–Kier alpha value is -3.34. The zero-order valence-corrected chi connectivity index (χ0v) is 18.1. The van der Waals surface area contributed by atoms with Crippen LogP contribution < -0.4 is 11.1 Å². The molecule has 1 saturated carbocycles. The molecule has 4 heterocycles. The van der Waals surface area contributed by atoms with Crippen molar-refractivity contribution in [2.45, 2.75) is 57.9 Å². The lowest BCUT2D eigenvalue weighted by Gasteiger charge is -2.19. The third-order valence-electron chi connectivity index (χ3n) is 6.11. The number of nitrogens with zero attached hydrogens (tertiary/aromatic N) is 5. The Bertz CT molecular complexity index is 1230. The second-order valence-corrected chi connectivity index (χ2v) is 8.35. The van der Waals surface area contributed by atoms with E-state index in [1.807, 2.05) is 6.92 Å². The summed E-state index contributed by atoms with van der Waals surface area (Å²) in [5.74, 6) is 0.729. The number of nitrogens with one attached hydrogen (secondary N) is 1. The number of pyridine rings is 1. The Balaban J connectivity index is 1.53. The van der Waals surface area contributed by atoms with Gasteiger partial charge in [0.15, 0.2) is 0 Å². The van der Waals surface area contributed by atoms with Crippen molar-refractivity contribution in [1.82, 2.24) is 20.1 Å². The molecule has 2 aliphatic rings. The minimum atomic E-state index is -4.63. The molecule has 1 aliphatic heterocycles. The minimum absolute atomic E-state index is 0.0772. The zero-order chi connectivity index (χ0) is 23.3. The Labute approximate surface area is 187 Å². The lowest BCUT2D eigenvalue weighted by molar-refractivity contribution is -0.138. The van der Waals surface area contributed by atoms with Gasteiger partial charge >= 0.3 is 6.18 Å². The molecule has 1 aliphatic carbocycles. The van der Waals surface area contributed by atoms with Gasteiger partial charge in [0.1, 0.15) is 17.0 Å². The van der Waals surface area contributed by atoms with Crippen LogP contribution in [0.3, 0.4) is 0 Å². The van der Waals surface area contributed by atoms with Crippen molar-refractivity contribution in [3.8, 4) is 11.3 Å². The molecule has 0 bridgehead atoms. The van der Waals surface area contributed by atoms with E-state index in [1.54, 1.807) is 19.1 Å². The Morgan fingerprint density at radius 3 is 2.64 bits per heavy atom. The maximum absolute atomic E-state index is 13.8. The largest absolute Gasteiger partial charge is 0.420 e. The molecule has 5 rings (SSSR count). The summed E-state index contributed by atoms with van der Waals surface area (Å²) >= 11 is 0. The van der Waals surface area contributed by atoms with E-state index in [9.17, 15) is 13.2 Å². The summed E-state index contributed by atoms with van der Waals surface area (Å²) in [6.45, 7) is 3.75. The third-order valence-corrected chi connectivity index (χ3v) is 6.11. The molecule has 11 heteroatoms. The van der Waals surface area contributed by atoms with Crippen LogP contribution in [0.4, 0.5) is 19.1 Å². The van der Waals surface area contributed by atoms with Crippen LogP contribution in [0.5, 0.6) is 0 Å². The van der Waals surface area contributed by atoms with Gasteiger partial charge in [-0.25, -0.2) is 15.0 Å². The van der Waals surface area contributed by atoms with Crippen LogP contribution in [0.1, 0.15) is 53.2 Å². The average Bonchev–Trinajstić information content (AvgIpc) is 3.46. The smallest absolute Gasteiger partial charge is 0.361 e. The fraction of sp³-hybridized carbons (Fsp3) is 0.409. The normalized spacial score (nSPS) is 20.1. The van der Waals surface area contributed by atoms with Gasteiger partial charge in [0.05, 0.1) is 34.9 Å². The van der Waals surface area contributed by atoms with Crippen LogP contribution in [0, 0.1) is 13.8 Å². The molecule has 1 fully saturated rings. The van der Waals surface area contributed by atoms with Gasteiger partial charge in [0.25, 0.3) is 0 Å². The van der Waals surface area contributed by atoms with Crippen molar-refractivity contribution < 1.29 is 17.7 Å². The first kappa shape index (κ1) is 21.5. The molecule has 33 heavy (non-hydrogen) atoms. The van der Waals surface area contributed by atoms with E-state index in [4.69, 9.17) is 10.3 Å². The van der Waals surface area contributed by atoms with Gasteiger partial charge in [-0.1, -0.05) is 5.16 Å². The molecule has 3 aromatic rings. The third kappa shape index (κ3) is 3.86. The molecular weight excluding hydrogens is 435 g/mol. The molecule has 3 aromatic heterocycles.